The van der Waals surface area contributed by atoms with E-state index in [1.54, 1.807) is 20.8 Å². The van der Waals surface area contributed by atoms with Crippen LogP contribution in [0.3, 0.4) is 0 Å². The number of halogens is 3. The Labute approximate surface area is 101 Å². The zero-order valence-corrected chi connectivity index (χ0v) is 10.0. The zero-order valence-electron chi connectivity index (χ0n) is 10.0. The average molecular weight is 269 g/mol. The van der Waals surface area contributed by atoms with Gasteiger partial charge in [-0.3, -0.25) is 4.79 Å². The highest BCUT2D eigenvalue weighted by Gasteiger charge is 2.68. The molecular formula is C10H14F3NO4. The standard InChI is InChI=1S/C10H14F3NO4/c1-9(2,3)18-8(17)14-6-4(7(15)16)5(6)10(11,12)13/h4-6H,1-3H3,(H,14,17)(H,15,16)/t4-,5-,6-/m0/s1. The number of rotatable bonds is 2. The highest BCUT2D eigenvalue weighted by molar-refractivity contribution is 5.78. The lowest BCUT2D eigenvalue weighted by molar-refractivity contribution is -0.160. The minimum absolute atomic E-state index is 0.856. The Morgan fingerprint density at radius 1 is 1.22 bits per heavy atom. The number of alkyl halides is 3. The van der Waals surface area contributed by atoms with Gasteiger partial charge < -0.3 is 15.2 Å². The minimum atomic E-state index is -4.65. The maximum absolute atomic E-state index is 12.4. The zero-order chi connectivity index (χ0) is 14.3. The Kier molecular flexibility index (Phi) is 3.51. The van der Waals surface area contributed by atoms with Crippen molar-refractivity contribution in [2.24, 2.45) is 11.8 Å². The molecule has 0 aromatic carbocycles. The van der Waals surface area contributed by atoms with Crippen LogP contribution in [0.15, 0.2) is 0 Å². The summed E-state index contributed by atoms with van der Waals surface area (Å²) >= 11 is 0. The number of carbonyl (C=O) groups excluding carboxylic acids is 1. The third-order valence-corrected chi connectivity index (χ3v) is 2.37. The summed E-state index contributed by atoms with van der Waals surface area (Å²) in [6.07, 6.45) is -5.70. The topological polar surface area (TPSA) is 75.6 Å². The van der Waals surface area contributed by atoms with E-state index in [9.17, 15) is 22.8 Å². The van der Waals surface area contributed by atoms with Crippen molar-refractivity contribution in [2.75, 3.05) is 0 Å². The van der Waals surface area contributed by atoms with Gasteiger partial charge in [0.25, 0.3) is 0 Å². The molecule has 1 amide bonds. The molecule has 1 aliphatic rings. The lowest BCUT2D eigenvalue weighted by atomic mass is 10.2. The molecule has 8 heteroatoms. The van der Waals surface area contributed by atoms with E-state index in [0.717, 1.165) is 0 Å². The van der Waals surface area contributed by atoms with Gasteiger partial charge in [0.2, 0.25) is 0 Å². The molecule has 0 saturated heterocycles. The van der Waals surface area contributed by atoms with E-state index in [1.165, 1.54) is 0 Å². The van der Waals surface area contributed by atoms with E-state index in [1.807, 2.05) is 5.32 Å². The van der Waals surface area contributed by atoms with Crippen molar-refractivity contribution in [2.45, 2.75) is 38.6 Å². The fourth-order valence-corrected chi connectivity index (χ4v) is 1.65. The van der Waals surface area contributed by atoms with Gasteiger partial charge in [-0.2, -0.15) is 13.2 Å². The van der Waals surface area contributed by atoms with Crippen molar-refractivity contribution in [3.8, 4) is 0 Å². The third-order valence-electron chi connectivity index (χ3n) is 2.37. The van der Waals surface area contributed by atoms with E-state index in [-0.39, 0.29) is 0 Å². The van der Waals surface area contributed by atoms with Crippen LogP contribution < -0.4 is 5.32 Å². The van der Waals surface area contributed by atoms with E-state index in [4.69, 9.17) is 9.84 Å². The molecule has 1 rings (SSSR count). The van der Waals surface area contributed by atoms with E-state index in [2.05, 4.69) is 0 Å². The second-order valence-corrected chi connectivity index (χ2v) is 5.10. The number of hydrogen-bond donors (Lipinski definition) is 2. The van der Waals surface area contributed by atoms with Crippen molar-refractivity contribution in [3.05, 3.63) is 0 Å². The first-order valence-corrected chi connectivity index (χ1v) is 5.22. The monoisotopic (exact) mass is 269 g/mol. The maximum atomic E-state index is 12.4. The van der Waals surface area contributed by atoms with Crippen LogP contribution in [0.5, 0.6) is 0 Å². The first kappa shape index (κ1) is 14.6. The van der Waals surface area contributed by atoms with E-state index in [0.29, 0.717) is 0 Å². The lowest BCUT2D eigenvalue weighted by Gasteiger charge is -2.19. The lowest BCUT2D eigenvalue weighted by Crippen LogP contribution is -2.36. The molecule has 5 nitrogen and oxygen atoms in total. The SMILES string of the molecule is CC(C)(C)OC(=O)N[C@H]1[C@@H](C(=O)O)[C@@H]1C(F)(F)F. The first-order chi connectivity index (χ1) is 7.93. The predicted molar refractivity (Wildman–Crippen MR) is 53.8 cm³/mol. The summed E-state index contributed by atoms with van der Waals surface area (Å²) in [6.45, 7) is 4.65. The molecule has 0 spiro atoms. The maximum Gasteiger partial charge on any atom is 0.407 e. The van der Waals surface area contributed by atoms with Crippen LogP contribution in [0.2, 0.25) is 0 Å². The summed E-state index contributed by atoms with van der Waals surface area (Å²) in [4.78, 5) is 21.9. The Bertz CT molecular complexity index is 361. The Balaban J connectivity index is 2.63. The number of aliphatic carboxylic acids is 1. The number of nitrogens with one attached hydrogen (secondary N) is 1. The summed E-state index contributed by atoms with van der Waals surface area (Å²) in [5.74, 6) is -5.28. The molecular weight excluding hydrogens is 255 g/mol. The largest absolute Gasteiger partial charge is 0.481 e. The Hall–Kier alpha value is -1.47. The van der Waals surface area contributed by atoms with E-state index >= 15 is 0 Å². The van der Waals surface area contributed by atoms with Gasteiger partial charge in [0.1, 0.15) is 5.60 Å². The predicted octanol–water partition coefficient (Wildman–Crippen LogP) is 1.77. The fraction of sp³-hybridized carbons (Fsp3) is 0.800. The summed E-state index contributed by atoms with van der Waals surface area (Å²) in [6, 6.07) is -1.46. The van der Waals surface area contributed by atoms with Crippen LogP contribution >= 0.6 is 0 Å². The van der Waals surface area contributed by atoms with Gasteiger partial charge in [-0.15, -0.1) is 0 Å². The van der Waals surface area contributed by atoms with E-state index < -0.39 is 41.7 Å². The van der Waals surface area contributed by atoms with Crippen molar-refractivity contribution in [1.29, 1.82) is 0 Å². The Morgan fingerprint density at radius 3 is 2.00 bits per heavy atom. The molecule has 0 unspecified atom stereocenters. The molecule has 18 heavy (non-hydrogen) atoms. The number of carbonyl (C=O) groups is 2. The second kappa shape index (κ2) is 4.33. The summed E-state index contributed by atoms with van der Waals surface area (Å²) in [5, 5.41) is 10.5. The third kappa shape index (κ3) is 3.51. The molecule has 0 bridgehead atoms. The number of ether oxygens (including phenoxy) is 1. The van der Waals surface area contributed by atoms with Gasteiger partial charge in [-0.05, 0) is 20.8 Å². The van der Waals surface area contributed by atoms with Gasteiger partial charge in [-0.25, -0.2) is 4.79 Å². The van der Waals surface area contributed by atoms with Gasteiger partial charge in [-0.1, -0.05) is 0 Å². The summed E-state index contributed by atoms with van der Waals surface area (Å²) < 4.78 is 42.1. The molecule has 0 aromatic rings. The second-order valence-electron chi connectivity index (χ2n) is 5.10. The van der Waals surface area contributed by atoms with Gasteiger partial charge in [0.05, 0.1) is 17.9 Å². The molecule has 0 aromatic heterocycles. The molecule has 2 N–H and O–H groups in total. The van der Waals surface area contributed by atoms with Crippen molar-refractivity contribution in [3.63, 3.8) is 0 Å². The van der Waals surface area contributed by atoms with Crippen molar-refractivity contribution < 1.29 is 32.6 Å². The number of carboxylic acid groups (broad SMARTS) is 1. The molecule has 1 fully saturated rings. The highest BCUT2D eigenvalue weighted by Crippen LogP contribution is 2.50. The first-order valence-electron chi connectivity index (χ1n) is 5.22. The van der Waals surface area contributed by atoms with Gasteiger partial charge in [0.15, 0.2) is 0 Å². The molecule has 0 heterocycles. The molecule has 0 aliphatic heterocycles. The van der Waals surface area contributed by atoms with Crippen LogP contribution in [-0.4, -0.2) is 35.0 Å². The van der Waals surface area contributed by atoms with Crippen LogP contribution in [0.4, 0.5) is 18.0 Å². The number of carboxylic acids is 1. The smallest absolute Gasteiger partial charge is 0.407 e. The summed E-state index contributed by atoms with van der Waals surface area (Å²) in [5.41, 5.74) is -0.856. The van der Waals surface area contributed by atoms with Crippen LogP contribution in [0, 0.1) is 11.8 Å². The normalized spacial score (nSPS) is 27.6. The average Bonchev–Trinajstić information content (AvgIpc) is 2.73. The molecule has 1 saturated carbocycles. The van der Waals surface area contributed by atoms with Gasteiger partial charge >= 0.3 is 18.2 Å². The quantitative estimate of drug-likeness (QED) is 0.801. The van der Waals surface area contributed by atoms with Crippen molar-refractivity contribution in [1.82, 2.24) is 5.32 Å². The van der Waals surface area contributed by atoms with Crippen LogP contribution in [0.25, 0.3) is 0 Å². The van der Waals surface area contributed by atoms with Gasteiger partial charge in [0, 0.05) is 0 Å². The molecule has 104 valence electrons. The fourth-order valence-electron chi connectivity index (χ4n) is 1.65. The number of amides is 1. The minimum Gasteiger partial charge on any atom is -0.481 e. The number of hydrogen-bond acceptors (Lipinski definition) is 3. The molecule has 1 aliphatic carbocycles. The molecule has 3 atom stereocenters. The number of alkyl carbamates (subject to hydrolysis) is 1. The van der Waals surface area contributed by atoms with Crippen LogP contribution in [0.1, 0.15) is 20.8 Å². The summed E-state index contributed by atoms with van der Waals surface area (Å²) in [7, 11) is 0. The van der Waals surface area contributed by atoms with Crippen molar-refractivity contribution >= 4 is 12.1 Å². The Morgan fingerprint density at radius 2 is 1.72 bits per heavy atom. The van der Waals surface area contributed by atoms with Crippen LogP contribution in [-0.2, 0) is 9.53 Å². The highest BCUT2D eigenvalue weighted by atomic mass is 19.4. The molecule has 0 radical (unpaired) electrons.